The molecule has 0 fully saturated rings. The van der Waals surface area contributed by atoms with Crippen LogP contribution in [-0.4, -0.2) is 50.3 Å². The zero-order valence-electron chi connectivity index (χ0n) is 16.3. The number of alkyl halides is 3. The fourth-order valence-electron chi connectivity index (χ4n) is 3.26. The summed E-state index contributed by atoms with van der Waals surface area (Å²) < 4.78 is 45.4. The van der Waals surface area contributed by atoms with E-state index >= 15 is 0 Å². The van der Waals surface area contributed by atoms with Crippen LogP contribution in [0.15, 0.2) is 35.5 Å². The van der Waals surface area contributed by atoms with E-state index in [1.54, 1.807) is 11.8 Å². The number of methoxy groups -OCH3 is 1. The summed E-state index contributed by atoms with van der Waals surface area (Å²) in [6, 6.07) is 4.14. The number of carbonyl (C=O) groups is 1. The van der Waals surface area contributed by atoms with Crippen LogP contribution in [0, 0.1) is 0 Å². The number of quaternary nitrogens is 1. The number of hydrogen-bond donors (Lipinski definition) is 2. The molecule has 5 nitrogen and oxygen atoms in total. The Morgan fingerprint density at radius 2 is 1.96 bits per heavy atom. The number of hydrogen-bond acceptors (Lipinski definition) is 3. The molecule has 0 radical (unpaired) electrons. The number of rotatable bonds is 6. The van der Waals surface area contributed by atoms with Crippen molar-refractivity contribution in [1.82, 2.24) is 10.2 Å². The third kappa shape index (κ3) is 4.82. The van der Waals surface area contributed by atoms with Gasteiger partial charge in [0, 0.05) is 18.7 Å². The number of thiocarbonyl (C=S) groups is 1. The van der Waals surface area contributed by atoms with Gasteiger partial charge in [-0.1, -0.05) is 18.2 Å². The van der Waals surface area contributed by atoms with Gasteiger partial charge in [0.2, 0.25) is 0 Å². The van der Waals surface area contributed by atoms with Crippen molar-refractivity contribution in [2.75, 3.05) is 34.3 Å². The number of benzene rings is 1. The van der Waals surface area contributed by atoms with Crippen molar-refractivity contribution in [3.63, 3.8) is 0 Å². The summed E-state index contributed by atoms with van der Waals surface area (Å²) in [5, 5.41) is 3.21. The van der Waals surface area contributed by atoms with E-state index in [-0.39, 0.29) is 11.1 Å². The molecule has 0 aliphatic carbocycles. The average Bonchev–Trinajstić information content (AvgIpc) is 2.62. The Balaban J connectivity index is 2.51. The number of nitrogens with zero attached hydrogens (tertiary/aromatic N) is 1. The van der Waals surface area contributed by atoms with E-state index in [1.165, 1.54) is 30.2 Å². The predicted molar refractivity (Wildman–Crippen MR) is 104 cm³/mol. The summed E-state index contributed by atoms with van der Waals surface area (Å²) in [5.41, 5.74) is -0.236. The molecule has 0 saturated heterocycles. The molecule has 0 spiro atoms. The molecule has 0 bridgehead atoms. The molecular weight excluding hydrogens is 391 g/mol. The Hall–Kier alpha value is -2.13. The van der Waals surface area contributed by atoms with E-state index in [1.807, 2.05) is 14.1 Å². The third-order valence-electron chi connectivity index (χ3n) is 4.64. The first kappa shape index (κ1) is 22.2. The molecule has 154 valence electrons. The second-order valence-corrected chi connectivity index (χ2v) is 7.31. The minimum absolute atomic E-state index is 0.0607. The number of ether oxygens (including phenoxy) is 1. The fourth-order valence-corrected chi connectivity index (χ4v) is 3.60. The quantitative estimate of drug-likeness (QED) is 0.548. The monoisotopic (exact) mass is 416 g/mol. The number of esters is 1. The fraction of sp³-hybridized carbons (Fsp3) is 0.474. The highest BCUT2D eigenvalue weighted by Crippen LogP contribution is 2.39. The van der Waals surface area contributed by atoms with Crippen LogP contribution in [-0.2, 0) is 15.7 Å². The summed E-state index contributed by atoms with van der Waals surface area (Å²) >= 11 is 5.41. The first-order chi connectivity index (χ1) is 13.1. The van der Waals surface area contributed by atoms with Crippen LogP contribution in [0.25, 0.3) is 0 Å². The maximum absolute atomic E-state index is 13.5. The van der Waals surface area contributed by atoms with Gasteiger partial charge in [0.05, 0.1) is 44.9 Å². The highest BCUT2D eigenvalue weighted by Gasteiger charge is 2.40. The second kappa shape index (κ2) is 8.91. The van der Waals surface area contributed by atoms with Gasteiger partial charge in [-0.15, -0.1) is 0 Å². The van der Waals surface area contributed by atoms with Gasteiger partial charge in [-0.2, -0.15) is 13.2 Å². The standard InChI is InChI=1S/C19H24F3N3O2S/c1-12-15(17(26)27-4)16(13-8-5-6-9-14(13)19(20,21)22)23-18(28)25(12)11-7-10-24(2)3/h5-6,8-9,16H,7,10-11H2,1-4H3,(H,23,28)/p+1/t16-/m1/s1. The summed E-state index contributed by atoms with van der Waals surface area (Å²) in [6.45, 7) is 3.13. The first-order valence-electron chi connectivity index (χ1n) is 8.90. The Morgan fingerprint density at radius 3 is 2.54 bits per heavy atom. The molecule has 2 N–H and O–H groups in total. The predicted octanol–water partition coefficient (Wildman–Crippen LogP) is 1.92. The molecule has 9 heteroatoms. The van der Waals surface area contributed by atoms with Crippen molar-refractivity contribution in [2.24, 2.45) is 0 Å². The Kier molecular flexibility index (Phi) is 7.06. The van der Waals surface area contributed by atoms with Gasteiger partial charge in [-0.25, -0.2) is 4.79 Å². The topological polar surface area (TPSA) is 46.0 Å². The SMILES string of the molecule is COC(=O)C1=C(C)N(CCC[NH+](C)C)C(=S)N[C@@H]1c1ccccc1C(F)(F)F. The van der Waals surface area contributed by atoms with Crippen LogP contribution in [0.2, 0.25) is 0 Å². The van der Waals surface area contributed by atoms with Gasteiger partial charge >= 0.3 is 12.1 Å². The number of carbonyl (C=O) groups excluding carboxylic acids is 1. The summed E-state index contributed by atoms with van der Waals surface area (Å²) in [4.78, 5) is 15.5. The smallest absolute Gasteiger partial charge is 0.416 e. The van der Waals surface area contributed by atoms with Gasteiger partial charge < -0.3 is 19.9 Å². The summed E-state index contributed by atoms with van der Waals surface area (Å²) in [7, 11) is 5.26. The van der Waals surface area contributed by atoms with Gasteiger partial charge in [-0.3, -0.25) is 0 Å². The van der Waals surface area contributed by atoms with Crippen molar-refractivity contribution >= 4 is 23.3 Å². The molecule has 1 aliphatic heterocycles. The van der Waals surface area contributed by atoms with Crippen LogP contribution in [0.4, 0.5) is 13.2 Å². The molecule has 1 heterocycles. The average molecular weight is 416 g/mol. The lowest BCUT2D eigenvalue weighted by molar-refractivity contribution is -0.858. The van der Waals surface area contributed by atoms with Crippen LogP contribution in [0.3, 0.4) is 0 Å². The first-order valence-corrected chi connectivity index (χ1v) is 9.31. The lowest BCUT2D eigenvalue weighted by Crippen LogP contribution is -3.05. The zero-order chi connectivity index (χ0) is 21.1. The van der Waals surface area contributed by atoms with E-state index in [4.69, 9.17) is 17.0 Å². The Labute approximate surface area is 168 Å². The zero-order valence-corrected chi connectivity index (χ0v) is 17.1. The van der Waals surface area contributed by atoms with Crippen LogP contribution < -0.4 is 10.2 Å². The molecule has 1 atom stereocenters. The Bertz CT molecular complexity index is 778. The molecule has 0 saturated carbocycles. The number of halogens is 3. The third-order valence-corrected chi connectivity index (χ3v) is 4.98. The number of nitrogens with one attached hydrogen (secondary N) is 2. The second-order valence-electron chi connectivity index (χ2n) is 6.92. The molecule has 1 aromatic rings. The van der Waals surface area contributed by atoms with E-state index in [0.29, 0.717) is 17.4 Å². The van der Waals surface area contributed by atoms with Gasteiger partial charge in [0.1, 0.15) is 0 Å². The minimum atomic E-state index is -4.55. The molecule has 0 unspecified atom stereocenters. The van der Waals surface area contributed by atoms with E-state index in [0.717, 1.165) is 19.0 Å². The Morgan fingerprint density at radius 1 is 1.32 bits per heavy atom. The lowest BCUT2D eigenvalue weighted by atomic mass is 9.91. The molecule has 2 rings (SSSR count). The van der Waals surface area contributed by atoms with Crippen molar-refractivity contribution in [3.05, 3.63) is 46.7 Å². The van der Waals surface area contributed by atoms with Crippen LogP contribution >= 0.6 is 12.2 Å². The van der Waals surface area contributed by atoms with Crippen LogP contribution in [0.1, 0.15) is 30.5 Å². The maximum Gasteiger partial charge on any atom is 0.416 e. The molecule has 28 heavy (non-hydrogen) atoms. The van der Waals surface area contributed by atoms with E-state index in [2.05, 4.69) is 5.32 Å². The van der Waals surface area contributed by atoms with Crippen molar-refractivity contribution in [2.45, 2.75) is 25.6 Å². The van der Waals surface area contributed by atoms with Gasteiger partial charge in [0.25, 0.3) is 0 Å². The van der Waals surface area contributed by atoms with Crippen LogP contribution in [0.5, 0.6) is 0 Å². The molecule has 1 aliphatic rings. The molecule has 0 amide bonds. The summed E-state index contributed by atoms with van der Waals surface area (Å²) in [5.74, 6) is -0.683. The van der Waals surface area contributed by atoms with E-state index in [9.17, 15) is 18.0 Å². The molecule has 1 aromatic carbocycles. The van der Waals surface area contributed by atoms with Gasteiger partial charge in [-0.05, 0) is 30.8 Å². The lowest BCUT2D eigenvalue weighted by Gasteiger charge is -2.38. The normalized spacial score (nSPS) is 17.8. The van der Waals surface area contributed by atoms with Crippen molar-refractivity contribution in [1.29, 1.82) is 0 Å². The molecular formula is C19H25F3N3O2S+. The summed E-state index contributed by atoms with van der Waals surface area (Å²) in [6.07, 6.45) is -3.75. The largest absolute Gasteiger partial charge is 0.466 e. The molecule has 0 aromatic heterocycles. The van der Waals surface area contributed by atoms with Crippen molar-refractivity contribution < 1.29 is 27.6 Å². The highest BCUT2D eigenvalue weighted by molar-refractivity contribution is 7.80. The van der Waals surface area contributed by atoms with Crippen molar-refractivity contribution in [3.8, 4) is 0 Å². The highest BCUT2D eigenvalue weighted by atomic mass is 32.1. The van der Waals surface area contributed by atoms with E-state index < -0.39 is 23.8 Å². The van der Waals surface area contributed by atoms with Gasteiger partial charge in [0.15, 0.2) is 5.11 Å². The minimum Gasteiger partial charge on any atom is -0.466 e. The number of allylic oxidation sites excluding steroid dienone is 1. The maximum atomic E-state index is 13.5.